The van der Waals surface area contributed by atoms with Crippen molar-refractivity contribution in [2.45, 2.75) is 6.55 Å². The van der Waals surface area contributed by atoms with Crippen molar-refractivity contribution in [1.82, 2.24) is 0 Å². The van der Waals surface area contributed by atoms with Crippen molar-refractivity contribution >= 4 is 34.4 Å². The molecule has 0 aromatic rings. The second-order valence-corrected chi connectivity index (χ2v) is 8.51. The summed E-state index contributed by atoms with van der Waals surface area (Å²) < 4.78 is 0. The van der Waals surface area contributed by atoms with Crippen molar-refractivity contribution < 1.29 is 9.90 Å². The zero-order chi connectivity index (χ0) is 6.08. The zero-order valence-corrected chi connectivity index (χ0v) is 6.12. The summed E-state index contributed by atoms with van der Waals surface area (Å²) in [4.78, 5) is 9.82. The van der Waals surface area contributed by atoms with E-state index in [-0.39, 0.29) is 0 Å². The molecule has 0 aliphatic heterocycles. The molecule has 0 saturated heterocycles. The van der Waals surface area contributed by atoms with Crippen LogP contribution in [0.15, 0.2) is 0 Å². The Morgan fingerprint density at radius 2 is 1.86 bits per heavy atom. The van der Waals surface area contributed by atoms with Crippen LogP contribution in [0, 0.1) is 0 Å². The first-order valence-corrected chi connectivity index (χ1v) is 6.08. The number of carboxylic acid groups (broad SMARTS) is 1. The molecule has 0 aromatic heterocycles. The minimum Gasteiger partial charge on any atom is -0.483 e. The highest BCUT2D eigenvalue weighted by Gasteiger charge is 2.31. The highest BCUT2D eigenvalue weighted by atomic mass is 35.7. The van der Waals surface area contributed by atoms with E-state index in [4.69, 9.17) is 27.3 Å². The van der Waals surface area contributed by atoms with Crippen LogP contribution in [0.1, 0.15) is 0 Å². The molecule has 0 aromatic carbocycles. The lowest BCUT2D eigenvalue weighted by molar-refractivity contribution is 0.219. The molecule has 7 heavy (non-hydrogen) atoms. The third-order valence-electron chi connectivity index (χ3n) is 0.376. The van der Waals surface area contributed by atoms with E-state index >= 15 is 0 Å². The maximum Gasteiger partial charge on any atom is 0.367 e. The maximum atomic E-state index is 9.82. The van der Waals surface area contributed by atoms with Gasteiger partial charge >= 0.3 is 12.3 Å². The number of hydrogen-bond acceptors (Lipinski definition) is 1. The molecule has 0 unspecified atom stereocenters. The Labute approximate surface area is 51.5 Å². The number of hydrogen-bond donors (Lipinski definition) is 1. The standard InChI is InChI=1S/C2H4Cl2O2Si/c1-7(3,4)2(5)6/h1H3,(H,5,6). The Bertz CT molecular complexity index is 86.2. The van der Waals surface area contributed by atoms with Gasteiger partial charge in [-0.25, -0.2) is 0 Å². The van der Waals surface area contributed by atoms with E-state index in [0.29, 0.717) is 0 Å². The summed E-state index contributed by atoms with van der Waals surface area (Å²) in [5, 5.41) is 8.05. The van der Waals surface area contributed by atoms with Gasteiger partial charge in [-0.1, -0.05) is 0 Å². The van der Waals surface area contributed by atoms with Crippen molar-refractivity contribution in [3.05, 3.63) is 0 Å². The number of rotatable bonds is 1. The summed E-state index contributed by atoms with van der Waals surface area (Å²) in [5.41, 5.74) is -1.09. The Hall–Kier alpha value is 0.267. The molecule has 2 nitrogen and oxygen atoms in total. The van der Waals surface area contributed by atoms with Crippen molar-refractivity contribution in [3.8, 4) is 0 Å². The van der Waals surface area contributed by atoms with Gasteiger partial charge in [-0.3, -0.25) is 4.79 Å². The molecular formula is C2H4Cl2O2Si. The summed E-state index contributed by atoms with van der Waals surface area (Å²) in [5.74, 6) is 0. The summed E-state index contributed by atoms with van der Waals surface area (Å²) >= 11 is 10.3. The first kappa shape index (κ1) is 7.27. The summed E-state index contributed by atoms with van der Waals surface area (Å²) in [6.07, 6.45) is 0. The Balaban J connectivity index is 3.79. The van der Waals surface area contributed by atoms with Crippen LogP contribution in [-0.4, -0.2) is 17.4 Å². The highest BCUT2D eigenvalue weighted by Crippen LogP contribution is 2.13. The number of halogens is 2. The lowest BCUT2D eigenvalue weighted by Crippen LogP contribution is -2.25. The first-order chi connectivity index (χ1) is 2.94. The van der Waals surface area contributed by atoms with E-state index in [9.17, 15) is 4.79 Å². The van der Waals surface area contributed by atoms with Gasteiger partial charge in [-0.2, -0.15) is 0 Å². The molecule has 0 rings (SSSR count). The van der Waals surface area contributed by atoms with Crippen LogP contribution in [0.4, 0.5) is 4.79 Å². The van der Waals surface area contributed by atoms with E-state index < -0.39 is 12.3 Å². The van der Waals surface area contributed by atoms with Crippen LogP contribution in [-0.2, 0) is 0 Å². The average Bonchev–Trinajstić information content (AvgIpc) is 1.31. The predicted molar refractivity (Wildman–Crippen MR) is 31.3 cm³/mol. The van der Waals surface area contributed by atoms with Crippen molar-refractivity contribution in [3.63, 3.8) is 0 Å². The Morgan fingerprint density at radius 1 is 1.71 bits per heavy atom. The van der Waals surface area contributed by atoms with E-state index in [0.717, 1.165) is 0 Å². The summed E-state index contributed by atoms with van der Waals surface area (Å²) in [6.45, 7) is -1.54. The topological polar surface area (TPSA) is 37.3 Å². The van der Waals surface area contributed by atoms with Crippen molar-refractivity contribution in [2.24, 2.45) is 0 Å². The molecule has 0 saturated carbocycles. The molecule has 0 aliphatic carbocycles. The Kier molecular flexibility index (Phi) is 2.10. The fourth-order valence-corrected chi connectivity index (χ4v) is 0. The fourth-order valence-electron chi connectivity index (χ4n) is 0. The molecular weight excluding hydrogens is 155 g/mol. The average molecular weight is 159 g/mol. The van der Waals surface area contributed by atoms with E-state index in [1.54, 1.807) is 0 Å². The van der Waals surface area contributed by atoms with Crippen molar-refractivity contribution in [1.29, 1.82) is 0 Å². The minimum absolute atomic E-state index is 1.09. The molecule has 0 bridgehead atoms. The zero-order valence-electron chi connectivity index (χ0n) is 3.61. The fraction of sp³-hybridized carbons (Fsp3) is 0.500. The third kappa shape index (κ3) is 2.91. The van der Waals surface area contributed by atoms with Gasteiger partial charge in [0.1, 0.15) is 0 Å². The third-order valence-corrected chi connectivity index (χ3v) is 2.10. The first-order valence-electron chi connectivity index (χ1n) is 1.56. The van der Waals surface area contributed by atoms with Gasteiger partial charge < -0.3 is 5.11 Å². The van der Waals surface area contributed by atoms with Gasteiger partial charge in [0.2, 0.25) is 0 Å². The van der Waals surface area contributed by atoms with Crippen LogP contribution in [0.5, 0.6) is 0 Å². The molecule has 0 radical (unpaired) electrons. The van der Waals surface area contributed by atoms with Crippen LogP contribution >= 0.6 is 22.2 Å². The largest absolute Gasteiger partial charge is 0.483 e. The molecule has 0 fully saturated rings. The van der Waals surface area contributed by atoms with Crippen LogP contribution in [0.3, 0.4) is 0 Å². The van der Waals surface area contributed by atoms with Gasteiger partial charge in [0.05, 0.1) is 0 Å². The second kappa shape index (κ2) is 2.02. The van der Waals surface area contributed by atoms with E-state index in [1.165, 1.54) is 6.55 Å². The Morgan fingerprint density at radius 3 is 1.86 bits per heavy atom. The van der Waals surface area contributed by atoms with Gasteiger partial charge in [0.25, 0.3) is 0 Å². The van der Waals surface area contributed by atoms with Gasteiger partial charge in [0.15, 0.2) is 0 Å². The SMILES string of the molecule is C[Si](Cl)(Cl)C(=O)O. The lowest BCUT2D eigenvalue weighted by Gasteiger charge is -1.98. The molecule has 0 atom stereocenters. The van der Waals surface area contributed by atoms with Gasteiger partial charge in [0, 0.05) is 0 Å². The number of carbonyl (C=O) groups is 1. The van der Waals surface area contributed by atoms with E-state index in [2.05, 4.69) is 0 Å². The quantitative estimate of drug-likeness (QED) is 0.467. The van der Waals surface area contributed by atoms with E-state index in [1.807, 2.05) is 0 Å². The molecule has 0 heterocycles. The molecule has 42 valence electrons. The molecule has 0 spiro atoms. The molecule has 0 amide bonds. The minimum atomic E-state index is -2.87. The van der Waals surface area contributed by atoms with Crippen LogP contribution in [0.25, 0.3) is 0 Å². The van der Waals surface area contributed by atoms with Gasteiger partial charge in [-0.15, -0.1) is 22.2 Å². The monoisotopic (exact) mass is 158 g/mol. The molecule has 5 heteroatoms. The van der Waals surface area contributed by atoms with Crippen LogP contribution < -0.4 is 0 Å². The predicted octanol–water partition coefficient (Wildman–Crippen LogP) is 1.80. The van der Waals surface area contributed by atoms with Crippen molar-refractivity contribution in [2.75, 3.05) is 0 Å². The van der Waals surface area contributed by atoms with Gasteiger partial charge in [-0.05, 0) is 6.55 Å². The second-order valence-electron chi connectivity index (χ2n) is 1.19. The molecule has 0 aliphatic rings. The smallest absolute Gasteiger partial charge is 0.367 e. The summed E-state index contributed by atoms with van der Waals surface area (Å²) in [7, 11) is 0. The lowest BCUT2D eigenvalue weighted by atomic mass is 11.6. The normalized spacial score (nSPS) is 11.3. The van der Waals surface area contributed by atoms with Crippen LogP contribution in [0.2, 0.25) is 6.55 Å². The maximum absolute atomic E-state index is 9.82. The highest BCUT2D eigenvalue weighted by molar-refractivity contribution is 7.56. The molecule has 1 N–H and O–H groups in total. The summed E-state index contributed by atoms with van der Waals surface area (Å²) in [6, 6.07) is 0.